The van der Waals surface area contributed by atoms with Crippen molar-refractivity contribution in [3.8, 4) is 0 Å². The van der Waals surface area contributed by atoms with Gasteiger partial charge in [0.1, 0.15) is 6.61 Å². The Labute approximate surface area is 156 Å². The maximum absolute atomic E-state index is 12.5. The van der Waals surface area contributed by atoms with Crippen LogP contribution < -0.4 is 0 Å². The molecule has 6 atom stereocenters. The molecule has 0 heterocycles. The number of allylic oxidation sites excluding steroid dienone is 6. The largest absolute Gasteiger partial charge is 0.389 e. The Bertz CT molecular complexity index is 770. The molecular formula is C23H30O3. The third-order valence-electron chi connectivity index (χ3n) is 8.09. The summed E-state index contributed by atoms with van der Waals surface area (Å²) in [6.45, 7) is 8.30. The van der Waals surface area contributed by atoms with Crippen LogP contribution in [0.25, 0.3) is 0 Å². The van der Waals surface area contributed by atoms with Gasteiger partial charge in [-0.05, 0) is 74.3 Å². The highest BCUT2D eigenvalue weighted by Crippen LogP contribution is 2.65. The van der Waals surface area contributed by atoms with Crippen molar-refractivity contribution in [2.45, 2.75) is 53.4 Å². The van der Waals surface area contributed by atoms with E-state index in [0.29, 0.717) is 17.8 Å². The van der Waals surface area contributed by atoms with Crippen molar-refractivity contribution in [3.05, 3.63) is 34.9 Å². The number of aliphatic hydroxyl groups is 1. The second-order valence-corrected chi connectivity index (χ2v) is 9.50. The number of rotatable bonds is 2. The molecule has 26 heavy (non-hydrogen) atoms. The maximum Gasteiger partial charge on any atom is 0.181 e. The topological polar surface area (TPSA) is 54.4 Å². The van der Waals surface area contributed by atoms with E-state index in [4.69, 9.17) is 0 Å². The minimum atomic E-state index is -0.340. The summed E-state index contributed by atoms with van der Waals surface area (Å²) in [7, 11) is 0. The molecule has 1 N–H and O–H groups in total. The van der Waals surface area contributed by atoms with Gasteiger partial charge in [0.25, 0.3) is 0 Å². The number of fused-ring (bicyclic) bond motifs is 5. The van der Waals surface area contributed by atoms with Crippen LogP contribution in [0.15, 0.2) is 34.9 Å². The van der Waals surface area contributed by atoms with E-state index in [2.05, 4.69) is 32.9 Å². The third kappa shape index (κ3) is 2.22. The Kier molecular flexibility index (Phi) is 3.97. The molecule has 3 nitrogen and oxygen atoms in total. The van der Waals surface area contributed by atoms with Gasteiger partial charge in [0, 0.05) is 11.3 Å². The van der Waals surface area contributed by atoms with Crippen LogP contribution in [0.4, 0.5) is 0 Å². The molecule has 3 heteroatoms. The van der Waals surface area contributed by atoms with E-state index in [9.17, 15) is 14.7 Å². The molecule has 2 fully saturated rings. The number of hydrogen-bond acceptors (Lipinski definition) is 3. The predicted molar refractivity (Wildman–Crippen MR) is 101 cm³/mol. The van der Waals surface area contributed by atoms with Gasteiger partial charge in [-0.3, -0.25) is 9.59 Å². The number of carbonyl (C=O) groups is 2. The van der Waals surface area contributed by atoms with E-state index in [-0.39, 0.29) is 34.9 Å². The van der Waals surface area contributed by atoms with E-state index < -0.39 is 0 Å². The first-order valence-corrected chi connectivity index (χ1v) is 10.0. The molecule has 0 saturated heterocycles. The van der Waals surface area contributed by atoms with Gasteiger partial charge >= 0.3 is 0 Å². The van der Waals surface area contributed by atoms with E-state index in [1.807, 2.05) is 13.0 Å². The molecule has 0 bridgehead atoms. The SMILES string of the molecule is CC1=C[C@@]2(C)C(=CC1=O)CC[C@@H]1C2=CC[C@@]2(C)[C@H]1C[C@@H](C)[C@@H]2C(=O)CO. The maximum atomic E-state index is 12.5. The molecule has 0 aromatic rings. The molecule has 0 amide bonds. The van der Waals surface area contributed by atoms with Crippen molar-refractivity contribution in [3.63, 3.8) is 0 Å². The van der Waals surface area contributed by atoms with E-state index >= 15 is 0 Å². The minimum Gasteiger partial charge on any atom is -0.389 e. The van der Waals surface area contributed by atoms with Gasteiger partial charge in [-0.25, -0.2) is 0 Å². The summed E-state index contributed by atoms with van der Waals surface area (Å²) < 4.78 is 0. The fraction of sp³-hybridized carbons (Fsp3) is 0.652. The first kappa shape index (κ1) is 17.9. The van der Waals surface area contributed by atoms with Gasteiger partial charge in [0.05, 0.1) is 0 Å². The Morgan fingerprint density at radius 3 is 2.77 bits per heavy atom. The molecule has 0 aromatic heterocycles. The van der Waals surface area contributed by atoms with Crippen molar-refractivity contribution in [1.82, 2.24) is 0 Å². The number of aliphatic hydroxyl groups excluding tert-OH is 1. The fourth-order valence-corrected chi connectivity index (χ4v) is 6.95. The number of hydrogen-bond donors (Lipinski definition) is 1. The van der Waals surface area contributed by atoms with Crippen molar-refractivity contribution < 1.29 is 14.7 Å². The summed E-state index contributed by atoms with van der Waals surface area (Å²) in [6.07, 6.45) is 10.4. The van der Waals surface area contributed by atoms with E-state index in [1.165, 1.54) is 11.1 Å². The third-order valence-corrected chi connectivity index (χ3v) is 8.09. The van der Waals surface area contributed by atoms with Gasteiger partial charge in [0.2, 0.25) is 0 Å². The lowest BCUT2D eigenvalue weighted by Gasteiger charge is -2.52. The average Bonchev–Trinajstić information content (AvgIpc) is 2.86. The van der Waals surface area contributed by atoms with Gasteiger partial charge in [-0.15, -0.1) is 0 Å². The molecule has 0 aliphatic heterocycles. The summed E-state index contributed by atoms with van der Waals surface area (Å²) in [6, 6.07) is 0. The highest BCUT2D eigenvalue weighted by molar-refractivity contribution is 6.05. The summed E-state index contributed by atoms with van der Waals surface area (Å²) in [5.41, 5.74) is 3.39. The van der Waals surface area contributed by atoms with Crippen LogP contribution in [0.3, 0.4) is 0 Å². The van der Waals surface area contributed by atoms with Crippen molar-refractivity contribution in [1.29, 1.82) is 0 Å². The van der Waals surface area contributed by atoms with Gasteiger partial charge < -0.3 is 5.11 Å². The Hall–Kier alpha value is -1.48. The average molecular weight is 354 g/mol. The van der Waals surface area contributed by atoms with Crippen LogP contribution in [-0.2, 0) is 9.59 Å². The van der Waals surface area contributed by atoms with Crippen LogP contribution in [0.5, 0.6) is 0 Å². The molecular weight excluding hydrogens is 324 g/mol. The zero-order chi connectivity index (χ0) is 18.9. The Morgan fingerprint density at radius 1 is 1.35 bits per heavy atom. The number of Topliss-reactive ketones (excluding diaryl/α,β-unsaturated/α-hetero) is 1. The van der Waals surface area contributed by atoms with Crippen molar-refractivity contribution in [2.24, 2.45) is 34.5 Å². The van der Waals surface area contributed by atoms with Crippen LogP contribution in [0.2, 0.25) is 0 Å². The lowest BCUT2D eigenvalue weighted by molar-refractivity contribution is -0.131. The Morgan fingerprint density at radius 2 is 2.08 bits per heavy atom. The molecule has 140 valence electrons. The highest BCUT2D eigenvalue weighted by Gasteiger charge is 2.59. The van der Waals surface area contributed by atoms with Crippen molar-refractivity contribution in [2.75, 3.05) is 6.61 Å². The molecule has 0 radical (unpaired) electrons. The predicted octanol–water partition coefficient (Wildman–Crippen LogP) is 4.03. The monoisotopic (exact) mass is 354 g/mol. The summed E-state index contributed by atoms with van der Waals surface area (Å²) in [5, 5.41) is 9.49. The number of ketones is 2. The summed E-state index contributed by atoms with van der Waals surface area (Å²) in [5.74, 6) is 1.42. The normalized spacial score (nSPS) is 44.3. The van der Waals surface area contributed by atoms with Crippen LogP contribution in [-0.4, -0.2) is 23.3 Å². The second kappa shape index (κ2) is 5.76. The molecule has 2 saturated carbocycles. The highest BCUT2D eigenvalue weighted by atomic mass is 16.3. The van der Waals surface area contributed by atoms with Gasteiger partial charge in [-0.2, -0.15) is 0 Å². The number of carbonyl (C=O) groups excluding carboxylic acids is 2. The minimum absolute atomic E-state index is 0.0148. The summed E-state index contributed by atoms with van der Waals surface area (Å²) >= 11 is 0. The van der Waals surface area contributed by atoms with Crippen LogP contribution in [0.1, 0.15) is 53.4 Å². The van der Waals surface area contributed by atoms with E-state index in [1.54, 1.807) is 0 Å². The van der Waals surface area contributed by atoms with Crippen molar-refractivity contribution >= 4 is 11.6 Å². The smallest absolute Gasteiger partial charge is 0.181 e. The lowest BCUT2D eigenvalue weighted by Crippen LogP contribution is -2.45. The molecule has 0 aromatic carbocycles. The Balaban J connectivity index is 1.77. The standard InChI is InChI=1S/C23H30O3/c1-13-9-18-16-6-5-15-10-19(25)14(2)11-23(15,4)17(16)7-8-22(18,3)21(13)20(26)12-24/h7,10-11,13,16,18,21,24H,5-6,8-9,12H2,1-4H3/t13-,16-,18+,21-,22+,23+/m1/s1. The summed E-state index contributed by atoms with van der Waals surface area (Å²) in [4.78, 5) is 24.6. The second-order valence-electron chi connectivity index (χ2n) is 9.50. The lowest BCUT2D eigenvalue weighted by atomic mass is 9.52. The molecule has 4 aliphatic carbocycles. The molecule has 4 rings (SSSR count). The zero-order valence-electron chi connectivity index (χ0n) is 16.3. The first-order chi connectivity index (χ1) is 12.2. The zero-order valence-corrected chi connectivity index (χ0v) is 16.3. The van der Waals surface area contributed by atoms with Gasteiger partial charge in [0.15, 0.2) is 11.6 Å². The quantitative estimate of drug-likeness (QED) is 0.762. The van der Waals surface area contributed by atoms with Crippen LogP contribution in [0, 0.1) is 34.5 Å². The first-order valence-electron chi connectivity index (χ1n) is 10.0. The molecule has 0 spiro atoms. The molecule has 4 aliphatic rings. The fourth-order valence-electron chi connectivity index (χ4n) is 6.95. The van der Waals surface area contributed by atoms with E-state index in [0.717, 1.165) is 31.3 Å². The van der Waals surface area contributed by atoms with Gasteiger partial charge in [-0.1, -0.05) is 37.1 Å². The van der Waals surface area contributed by atoms with Crippen LogP contribution >= 0.6 is 0 Å². The molecule has 0 unspecified atom stereocenters.